The Hall–Kier alpha value is -2.79. The van der Waals surface area contributed by atoms with Crippen molar-refractivity contribution in [1.82, 2.24) is 4.98 Å². The SMILES string of the molecule is O=C1CSC(c2ccccn2)N1c1ccc(Oc2ccccc2)cc1. The van der Waals surface area contributed by atoms with Crippen molar-refractivity contribution in [1.29, 1.82) is 0 Å². The first-order valence-electron chi connectivity index (χ1n) is 7.99. The normalized spacial score (nSPS) is 16.9. The maximum atomic E-state index is 12.4. The molecule has 124 valence electrons. The van der Waals surface area contributed by atoms with Gasteiger partial charge in [-0.3, -0.25) is 14.7 Å². The summed E-state index contributed by atoms with van der Waals surface area (Å²) in [6.07, 6.45) is 1.76. The van der Waals surface area contributed by atoms with Crippen molar-refractivity contribution in [2.24, 2.45) is 0 Å². The summed E-state index contributed by atoms with van der Waals surface area (Å²) in [6, 6.07) is 23.0. The third kappa shape index (κ3) is 3.37. The standard InChI is InChI=1S/C20H16N2O2S/c23-19-14-25-20(18-8-4-5-13-21-18)22(19)15-9-11-17(12-10-15)24-16-6-2-1-3-7-16/h1-13,20H,14H2. The molecule has 4 rings (SSSR count). The van der Waals surface area contributed by atoms with Crippen LogP contribution in [-0.4, -0.2) is 16.6 Å². The molecule has 2 aromatic carbocycles. The third-order valence-corrected chi connectivity index (χ3v) is 5.08. The molecule has 0 spiro atoms. The van der Waals surface area contributed by atoms with Crippen LogP contribution >= 0.6 is 11.8 Å². The Kier molecular flexibility index (Phi) is 4.39. The van der Waals surface area contributed by atoms with E-state index in [4.69, 9.17) is 4.74 Å². The molecule has 1 unspecified atom stereocenters. The van der Waals surface area contributed by atoms with Gasteiger partial charge in [0.25, 0.3) is 0 Å². The van der Waals surface area contributed by atoms with Gasteiger partial charge in [-0.25, -0.2) is 0 Å². The Bertz CT molecular complexity index is 854. The number of amides is 1. The van der Waals surface area contributed by atoms with Gasteiger partial charge < -0.3 is 4.74 Å². The molecule has 0 radical (unpaired) electrons. The van der Waals surface area contributed by atoms with Gasteiger partial charge in [-0.05, 0) is 48.5 Å². The van der Waals surface area contributed by atoms with Crippen LogP contribution in [-0.2, 0) is 4.79 Å². The van der Waals surface area contributed by atoms with Crippen LogP contribution < -0.4 is 9.64 Å². The lowest BCUT2D eigenvalue weighted by Crippen LogP contribution is -2.28. The number of hydrogen-bond donors (Lipinski definition) is 0. The first kappa shape index (κ1) is 15.7. The number of aromatic nitrogens is 1. The number of rotatable bonds is 4. The van der Waals surface area contributed by atoms with E-state index < -0.39 is 0 Å². The lowest BCUT2D eigenvalue weighted by atomic mass is 10.2. The number of pyridine rings is 1. The molecule has 1 amide bonds. The number of carbonyl (C=O) groups is 1. The fourth-order valence-corrected chi connectivity index (χ4v) is 3.88. The Morgan fingerprint density at radius 3 is 2.36 bits per heavy atom. The summed E-state index contributed by atoms with van der Waals surface area (Å²) in [6.45, 7) is 0. The fraction of sp³-hybridized carbons (Fsp3) is 0.100. The number of para-hydroxylation sites is 1. The van der Waals surface area contributed by atoms with Gasteiger partial charge in [0.2, 0.25) is 5.91 Å². The van der Waals surface area contributed by atoms with E-state index in [0.717, 1.165) is 22.9 Å². The van der Waals surface area contributed by atoms with Crippen LogP contribution in [0.25, 0.3) is 0 Å². The van der Waals surface area contributed by atoms with Crippen molar-refractivity contribution in [3.05, 3.63) is 84.7 Å². The Labute approximate surface area is 150 Å². The number of benzene rings is 2. The predicted octanol–water partition coefficient (Wildman–Crippen LogP) is 4.65. The van der Waals surface area contributed by atoms with Gasteiger partial charge in [0, 0.05) is 11.9 Å². The monoisotopic (exact) mass is 348 g/mol. The highest BCUT2D eigenvalue weighted by Gasteiger charge is 2.34. The minimum Gasteiger partial charge on any atom is -0.457 e. The molecule has 0 N–H and O–H groups in total. The molecule has 1 atom stereocenters. The van der Waals surface area contributed by atoms with Crippen LogP contribution in [0.15, 0.2) is 79.0 Å². The van der Waals surface area contributed by atoms with E-state index in [-0.39, 0.29) is 11.3 Å². The number of carbonyl (C=O) groups excluding carboxylic acids is 1. The van der Waals surface area contributed by atoms with Crippen LogP contribution in [0.5, 0.6) is 11.5 Å². The Balaban J connectivity index is 1.57. The summed E-state index contributed by atoms with van der Waals surface area (Å²) in [5.74, 6) is 2.08. The fourth-order valence-electron chi connectivity index (χ4n) is 2.74. The second-order valence-electron chi connectivity index (χ2n) is 5.59. The van der Waals surface area contributed by atoms with E-state index in [1.165, 1.54) is 0 Å². The molecule has 0 bridgehead atoms. The maximum Gasteiger partial charge on any atom is 0.238 e. The minimum absolute atomic E-state index is 0.0883. The average molecular weight is 348 g/mol. The molecule has 25 heavy (non-hydrogen) atoms. The highest BCUT2D eigenvalue weighted by molar-refractivity contribution is 8.00. The van der Waals surface area contributed by atoms with Crippen molar-refractivity contribution >= 4 is 23.4 Å². The van der Waals surface area contributed by atoms with E-state index in [9.17, 15) is 4.79 Å². The van der Waals surface area contributed by atoms with Gasteiger partial charge in [-0.15, -0.1) is 11.8 Å². The lowest BCUT2D eigenvalue weighted by molar-refractivity contribution is -0.115. The van der Waals surface area contributed by atoms with Crippen LogP contribution in [0.2, 0.25) is 0 Å². The summed E-state index contributed by atoms with van der Waals surface area (Å²) in [5, 5.41) is -0.0883. The second kappa shape index (κ2) is 6.99. The van der Waals surface area contributed by atoms with Gasteiger partial charge in [-0.2, -0.15) is 0 Å². The Morgan fingerprint density at radius 1 is 0.920 bits per heavy atom. The van der Waals surface area contributed by atoms with E-state index in [2.05, 4.69) is 4.98 Å². The average Bonchev–Trinajstić information content (AvgIpc) is 3.05. The van der Waals surface area contributed by atoms with Crippen LogP contribution in [0.3, 0.4) is 0 Å². The molecule has 1 aliphatic rings. The minimum atomic E-state index is -0.0883. The van der Waals surface area contributed by atoms with Crippen LogP contribution in [0.4, 0.5) is 5.69 Å². The van der Waals surface area contributed by atoms with Gasteiger partial charge in [-0.1, -0.05) is 24.3 Å². The van der Waals surface area contributed by atoms with E-state index in [1.807, 2.05) is 72.8 Å². The van der Waals surface area contributed by atoms with Gasteiger partial charge in [0.05, 0.1) is 11.4 Å². The highest BCUT2D eigenvalue weighted by Crippen LogP contribution is 2.41. The maximum absolute atomic E-state index is 12.4. The molecule has 3 aromatic rings. The third-order valence-electron chi connectivity index (χ3n) is 3.90. The molecule has 0 aliphatic carbocycles. The van der Waals surface area contributed by atoms with E-state index in [0.29, 0.717) is 5.75 Å². The first-order chi connectivity index (χ1) is 12.3. The molecule has 2 heterocycles. The molecule has 4 nitrogen and oxygen atoms in total. The zero-order valence-corrected chi connectivity index (χ0v) is 14.2. The van der Waals surface area contributed by atoms with Crippen molar-refractivity contribution < 1.29 is 9.53 Å². The molecule has 0 saturated carbocycles. The van der Waals surface area contributed by atoms with Crippen molar-refractivity contribution in [3.8, 4) is 11.5 Å². The summed E-state index contributed by atoms with van der Waals surface area (Å²) in [4.78, 5) is 18.6. The number of nitrogens with zero attached hydrogens (tertiary/aromatic N) is 2. The smallest absolute Gasteiger partial charge is 0.238 e. The number of anilines is 1. The summed E-state index contributed by atoms with van der Waals surface area (Å²) in [5.41, 5.74) is 1.74. The predicted molar refractivity (Wildman–Crippen MR) is 99.9 cm³/mol. The topological polar surface area (TPSA) is 42.4 Å². The summed E-state index contributed by atoms with van der Waals surface area (Å²) >= 11 is 1.60. The van der Waals surface area contributed by atoms with Crippen LogP contribution in [0.1, 0.15) is 11.1 Å². The van der Waals surface area contributed by atoms with Gasteiger partial charge >= 0.3 is 0 Å². The number of ether oxygens (including phenoxy) is 1. The number of hydrogen-bond acceptors (Lipinski definition) is 4. The quantitative estimate of drug-likeness (QED) is 0.688. The summed E-state index contributed by atoms with van der Waals surface area (Å²) in [7, 11) is 0. The molecular formula is C20H16N2O2S. The molecule has 1 saturated heterocycles. The molecular weight excluding hydrogens is 332 g/mol. The highest BCUT2D eigenvalue weighted by atomic mass is 32.2. The van der Waals surface area contributed by atoms with Gasteiger partial charge in [0.1, 0.15) is 16.9 Å². The molecule has 1 aromatic heterocycles. The van der Waals surface area contributed by atoms with E-state index >= 15 is 0 Å². The second-order valence-corrected chi connectivity index (χ2v) is 6.66. The van der Waals surface area contributed by atoms with Crippen molar-refractivity contribution in [2.75, 3.05) is 10.7 Å². The number of thioether (sulfide) groups is 1. The molecule has 1 fully saturated rings. The lowest BCUT2D eigenvalue weighted by Gasteiger charge is -2.23. The molecule has 1 aliphatic heterocycles. The van der Waals surface area contributed by atoms with E-state index in [1.54, 1.807) is 22.9 Å². The zero-order valence-electron chi connectivity index (χ0n) is 13.4. The van der Waals surface area contributed by atoms with Crippen molar-refractivity contribution in [2.45, 2.75) is 5.37 Å². The zero-order chi connectivity index (χ0) is 17.1. The summed E-state index contributed by atoms with van der Waals surface area (Å²) < 4.78 is 5.81. The molecule has 5 heteroatoms. The van der Waals surface area contributed by atoms with Crippen molar-refractivity contribution in [3.63, 3.8) is 0 Å². The largest absolute Gasteiger partial charge is 0.457 e. The van der Waals surface area contributed by atoms with Crippen LogP contribution in [0, 0.1) is 0 Å². The Morgan fingerprint density at radius 2 is 1.64 bits per heavy atom. The first-order valence-corrected chi connectivity index (χ1v) is 9.04. The van der Waals surface area contributed by atoms with Gasteiger partial charge in [0.15, 0.2) is 0 Å².